The zero-order valence-corrected chi connectivity index (χ0v) is 11.5. The van der Waals surface area contributed by atoms with Gasteiger partial charge in [-0.25, -0.2) is 0 Å². The van der Waals surface area contributed by atoms with Crippen LogP contribution in [0.15, 0.2) is 60.7 Å². The Morgan fingerprint density at radius 1 is 0.900 bits per heavy atom. The second kappa shape index (κ2) is 5.85. The van der Waals surface area contributed by atoms with E-state index in [9.17, 15) is 0 Å². The van der Waals surface area contributed by atoms with Gasteiger partial charge in [0, 0.05) is 11.1 Å². The minimum Gasteiger partial charge on any atom is -0.372 e. The molecular formula is C18H17NO. The van der Waals surface area contributed by atoms with Gasteiger partial charge >= 0.3 is 0 Å². The van der Waals surface area contributed by atoms with Crippen LogP contribution in [0.2, 0.25) is 0 Å². The number of aromatic nitrogens is 1. The van der Waals surface area contributed by atoms with Gasteiger partial charge in [-0.15, -0.1) is 0 Å². The summed E-state index contributed by atoms with van der Waals surface area (Å²) in [7, 11) is 0. The molecule has 0 N–H and O–H groups in total. The molecule has 0 unspecified atom stereocenters. The molecule has 0 amide bonds. The van der Waals surface area contributed by atoms with E-state index in [0.717, 1.165) is 11.2 Å². The number of pyridine rings is 1. The van der Waals surface area contributed by atoms with E-state index >= 15 is 0 Å². The van der Waals surface area contributed by atoms with Crippen molar-refractivity contribution >= 4 is 10.9 Å². The Kier molecular flexibility index (Phi) is 3.75. The molecule has 1 heterocycles. The molecule has 2 nitrogen and oxygen atoms in total. The Labute approximate surface area is 119 Å². The molecule has 0 aliphatic rings. The highest BCUT2D eigenvalue weighted by molar-refractivity contribution is 5.82. The van der Waals surface area contributed by atoms with Crippen molar-refractivity contribution in [2.75, 3.05) is 0 Å². The van der Waals surface area contributed by atoms with Crippen molar-refractivity contribution in [2.24, 2.45) is 0 Å². The van der Waals surface area contributed by atoms with Crippen LogP contribution in [0, 0.1) is 6.92 Å². The van der Waals surface area contributed by atoms with Gasteiger partial charge in [0.25, 0.3) is 0 Å². The predicted octanol–water partition coefficient (Wildman–Crippen LogP) is 4.26. The van der Waals surface area contributed by atoms with Gasteiger partial charge in [-0.1, -0.05) is 48.5 Å². The number of hydrogen-bond acceptors (Lipinski definition) is 2. The van der Waals surface area contributed by atoms with E-state index in [1.54, 1.807) is 0 Å². The summed E-state index contributed by atoms with van der Waals surface area (Å²) < 4.78 is 5.84. The molecule has 2 aromatic carbocycles. The number of benzene rings is 2. The van der Waals surface area contributed by atoms with Crippen LogP contribution in [0.4, 0.5) is 0 Å². The lowest BCUT2D eigenvalue weighted by atomic mass is 10.1. The largest absolute Gasteiger partial charge is 0.372 e. The summed E-state index contributed by atoms with van der Waals surface area (Å²) in [5.74, 6) is 0. The first kappa shape index (κ1) is 12.8. The number of nitrogens with zero attached hydrogens (tertiary/aromatic N) is 1. The maximum Gasteiger partial charge on any atom is 0.0728 e. The van der Waals surface area contributed by atoms with Gasteiger partial charge in [0.15, 0.2) is 0 Å². The molecule has 0 aliphatic carbocycles. The van der Waals surface area contributed by atoms with Crippen molar-refractivity contribution in [3.8, 4) is 0 Å². The van der Waals surface area contributed by atoms with Crippen LogP contribution in [0.25, 0.3) is 10.9 Å². The highest BCUT2D eigenvalue weighted by atomic mass is 16.5. The van der Waals surface area contributed by atoms with Gasteiger partial charge in [0.05, 0.1) is 18.7 Å². The van der Waals surface area contributed by atoms with Crippen molar-refractivity contribution in [3.63, 3.8) is 0 Å². The maximum atomic E-state index is 5.84. The fourth-order valence-corrected chi connectivity index (χ4v) is 2.37. The van der Waals surface area contributed by atoms with Crippen LogP contribution < -0.4 is 0 Å². The number of para-hydroxylation sites is 1. The Morgan fingerprint density at radius 2 is 1.65 bits per heavy atom. The molecule has 0 atom stereocenters. The predicted molar refractivity (Wildman–Crippen MR) is 81.4 cm³/mol. The molecule has 0 fully saturated rings. The highest BCUT2D eigenvalue weighted by Crippen LogP contribution is 2.19. The summed E-state index contributed by atoms with van der Waals surface area (Å²) in [6.07, 6.45) is 0. The minimum absolute atomic E-state index is 0.610. The van der Waals surface area contributed by atoms with Crippen molar-refractivity contribution < 1.29 is 4.74 Å². The monoisotopic (exact) mass is 263 g/mol. The molecule has 0 saturated heterocycles. The second-order valence-electron chi connectivity index (χ2n) is 4.92. The Balaban J connectivity index is 1.77. The molecule has 3 rings (SSSR count). The number of hydrogen-bond donors (Lipinski definition) is 0. The van der Waals surface area contributed by atoms with Gasteiger partial charge in [-0.05, 0) is 30.2 Å². The average Bonchev–Trinajstić information content (AvgIpc) is 2.48. The molecule has 1 aromatic heterocycles. The van der Waals surface area contributed by atoms with Crippen molar-refractivity contribution in [3.05, 3.63) is 77.5 Å². The topological polar surface area (TPSA) is 22.1 Å². The third kappa shape index (κ3) is 2.86. The quantitative estimate of drug-likeness (QED) is 0.701. The molecule has 0 spiro atoms. The zero-order chi connectivity index (χ0) is 13.8. The van der Waals surface area contributed by atoms with Crippen LogP contribution in [0.5, 0.6) is 0 Å². The van der Waals surface area contributed by atoms with E-state index in [-0.39, 0.29) is 0 Å². The first-order valence-electron chi connectivity index (χ1n) is 6.80. The molecule has 2 heteroatoms. The van der Waals surface area contributed by atoms with Crippen LogP contribution >= 0.6 is 0 Å². The maximum absolute atomic E-state index is 5.84. The summed E-state index contributed by atoms with van der Waals surface area (Å²) in [5.41, 5.74) is 4.46. The van der Waals surface area contributed by atoms with E-state index in [1.807, 2.05) is 43.3 Å². The van der Waals surface area contributed by atoms with Crippen LogP contribution in [-0.4, -0.2) is 4.98 Å². The Morgan fingerprint density at radius 3 is 2.50 bits per heavy atom. The standard InChI is InChI=1S/C18H17NO/c1-14-11-16(17-9-5-6-10-18(17)19-14)13-20-12-15-7-3-2-4-8-15/h2-11H,12-13H2,1H3. The smallest absolute Gasteiger partial charge is 0.0728 e. The summed E-state index contributed by atoms with van der Waals surface area (Å²) in [5, 5.41) is 1.17. The first-order chi connectivity index (χ1) is 9.83. The molecular weight excluding hydrogens is 246 g/mol. The Hall–Kier alpha value is -2.19. The first-order valence-corrected chi connectivity index (χ1v) is 6.80. The zero-order valence-electron chi connectivity index (χ0n) is 11.5. The van der Waals surface area contributed by atoms with E-state index in [4.69, 9.17) is 4.74 Å². The van der Waals surface area contributed by atoms with Gasteiger partial charge < -0.3 is 4.74 Å². The fraction of sp³-hybridized carbons (Fsp3) is 0.167. The lowest BCUT2D eigenvalue weighted by Crippen LogP contribution is -1.97. The second-order valence-corrected chi connectivity index (χ2v) is 4.92. The minimum atomic E-state index is 0.610. The third-order valence-electron chi connectivity index (χ3n) is 3.30. The molecule has 0 bridgehead atoms. The molecule has 0 saturated carbocycles. The summed E-state index contributed by atoms with van der Waals surface area (Å²) >= 11 is 0. The fourth-order valence-electron chi connectivity index (χ4n) is 2.37. The number of rotatable bonds is 4. The summed E-state index contributed by atoms with van der Waals surface area (Å²) in [6, 6.07) is 20.5. The SMILES string of the molecule is Cc1cc(COCc2ccccc2)c2ccccc2n1. The van der Waals surface area contributed by atoms with E-state index < -0.39 is 0 Å². The molecule has 100 valence electrons. The van der Waals surface area contributed by atoms with Gasteiger partial charge in [0.1, 0.15) is 0 Å². The molecule has 0 aliphatic heterocycles. The Bertz CT molecular complexity index is 707. The van der Waals surface area contributed by atoms with Crippen molar-refractivity contribution in [2.45, 2.75) is 20.1 Å². The van der Waals surface area contributed by atoms with Crippen molar-refractivity contribution in [1.29, 1.82) is 0 Å². The average molecular weight is 263 g/mol. The van der Waals surface area contributed by atoms with E-state index in [0.29, 0.717) is 13.2 Å². The van der Waals surface area contributed by atoms with Crippen LogP contribution in [0.3, 0.4) is 0 Å². The summed E-state index contributed by atoms with van der Waals surface area (Å²) in [6.45, 7) is 3.27. The lowest BCUT2D eigenvalue weighted by Gasteiger charge is -2.09. The summed E-state index contributed by atoms with van der Waals surface area (Å²) in [4.78, 5) is 4.55. The highest BCUT2D eigenvalue weighted by Gasteiger charge is 2.03. The van der Waals surface area contributed by atoms with Crippen LogP contribution in [0.1, 0.15) is 16.8 Å². The van der Waals surface area contributed by atoms with Crippen molar-refractivity contribution in [1.82, 2.24) is 4.98 Å². The molecule has 20 heavy (non-hydrogen) atoms. The van der Waals surface area contributed by atoms with E-state index in [1.165, 1.54) is 16.5 Å². The third-order valence-corrected chi connectivity index (χ3v) is 3.30. The molecule has 3 aromatic rings. The number of fused-ring (bicyclic) bond motifs is 1. The van der Waals surface area contributed by atoms with Gasteiger partial charge in [0.2, 0.25) is 0 Å². The number of aryl methyl sites for hydroxylation is 1. The molecule has 0 radical (unpaired) electrons. The van der Waals surface area contributed by atoms with E-state index in [2.05, 4.69) is 29.2 Å². The van der Waals surface area contributed by atoms with Crippen LogP contribution in [-0.2, 0) is 18.0 Å². The normalized spacial score (nSPS) is 10.8. The number of ether oxygens (including phenoxy) is 1. The van der Waals surface area contributed by atoms with Gasteiger partial charge in [-0.2, -0.15) is 0 Å². The lowest BCUT2D eigenvalue weighted by molar-refractivity contribution is 0.108. The van der Waals surface area contributed by atoms with Gasteiger partial charge in [-0.3, -0.25) is 4.98 Å².